The number of hydrogen-bond acceptors (Lipinski definition) is 6. The smallest absolute Gasteiger partial charge is 0.273 e. The zero-order valence-corrected chi connectivity index (χ0v) is 17.7. The largest absolute Gasteiger partial charge is 0.507 e. The Morgan fingerprint density at radius 1 is 1.16 bits per heavy atom. The van der Waals surface area contributed by atoms with Gasteiger partial charge in [-0.05, 0) is 36.8 Å². The lowest BCUT2D eigenvalue weighted by atomic mass is 9.95. The maximum atomic E-state index is 13.2. The minimum Gasteiger partial charge on any atom is -0.507 e. The molecule has 1 aliphatic rings. The fourth-order valence-corrected chi connectivity index (χ4v) is 3.97. The van der Waals surface area contributed by atoms with Crippen LogP contribution in [0.1, 0.15) is 34.6 Å². The summed E-state index contributed by atoms with van der Waals surface area (Å²) in [5, 5.41) is 17.7. The first-order chi connectivity index (χ1) is 15.1. The third-order valence-electron chi connectivity index (χ3n) is 5.36. The number of methoxy groups -OCH3 is 2. The van der Waals surface area contributed by atoms with Crippen LogP contribution in [-0.4, -0.2) is 60.1 Å². The number of amides is 1. The van der Waals surface area contributed by atoms with Gasteiger partial charge in [-0.2, -0.15) is 5.10 Å². The van der Waals surface area contributed by atoms with E-state index >= 15 is 0 Å². The molecule has 0 saturated carbocycles. The van der Waals surface area contributed by atoms with Crippen LogP contribution in [0.3, 0.4) is 0 Å². The Kier molecular flexibility index (Phi) is 5.81. The van der Waals surface area contributed by atoms with Crippen molar-refractivity contribution in [2.24, 2.45) is 0 Å². The monoisotopic (exact) mass is 423 g/mol. The highest BCUT2D eigenvalue weighted by molar-refractivity contribution is 6.00. The number of fused-ring (bicyclic) bond motifs is 1. The zero-order valence-electron chi connectivity index (χ0n) is 17.7. The molecule has 8 heteroatoms. The lowest BCUT2D eigenvalue weighted by molar-refractivity contribution is 0.0677. The Morgan fingerprint density at radius 3 is 2.68 bits per heavy atom. The summed E-state index contributed by atoms with van der Waals surface area (Å²) in [5.74, 6) is 1.15. The van der Waals surface area contributed by atoms with Crippen molar-refractivity contribution < 1.29 is 24.1 Å². The summed E-state index contributed by atoms with van der Waals surface area (Å²) < 4.78 is 16.4. The van der Waals surface area contributed by atoms with Crippen molar-refractivity contribution in [3.05, 3.63) is 59.3 Å². The third-order valence-corrected chi connectivity index (χ3v) is 5.36. The number of nitrogens with one attached hydrogen (secondary N) is 1. The Balaban J connectivity index is 1.87. The molecule has 4 rings (SSSR count). The second-order valence-corrected chi connectivity index (χ2v) is 7.12. The van der Waals surface area contributed by atoms with Crippen LogP contribution in [0.25, 0.3) is 11.3 Å². The van der Waals surface area contributed by atoms with Gasteiger partial charge in [0.25, 0.3) is 5.91 Å². The van der Waals surface area contributed by atoms with Crippen molar-refractivity contribution in [1.82, 2.24) is 15.1 Å². The second kappa shape index (κ2) is 8.69. The van der Waals surface area contributed by atoms with Crippen molar-refractivity contribution in [1.29, 1.82) is 0 Å². The maximum absolute atomic E-state index is 13.2. The molecule has 1 aliphatic heterocycles. The molecule has 1 amide bonds. The Labute approximate surface area is 180 Å². The number of aromatic hydroxyl groups is 1. The molecule has 0 bridgehead atoms. The summed E-state index contributed by atoms with van der Waals surface area (Å²) in [5.41, 5.74) is 3.08. The van der Waals surface area contributed by atoms with E-state index in [1.165, 1.54) is 0 Å². The number of hydrogen-bond donors (Lipinski definition) is 2. The van der Waals surface area contributed by atoms with E-state index in [2.05, 4.69) is 10.2 Å². The summed E-state index contributed by atoms with van der Waals surface area (Å²) >= 11 is 0. The molecule has 2 aromatic carbocycles. The van der Waals surface area contributed by atoms with Crippen LogP contribution < -0.4 is 9.47 Å². The molecular weight excluding hydrogens is 398 g/mol. The van der Waals surface area contributed by atoms with Gasteiger partial charge in [0.15, 0.2) is 11.5 Å². The lowest BCUT2D eigenvalue weighted by Gasteiger charge is -2.26. The van der Waals surface area contributed by atoms with Gasteiger partial charge in [-0.15, -0.1) is 0 Å². The van der Waals surface area contributed by atoms with Gasteiger partial charge in [-0.1, -0.05) is 18.2 Å². The summed E-state index contributed by atoms with van der Waals surface area (Å²) in [6.07, 6.45) is 0. The minimum atomic E-state index is -0.421. The standard InChI is InChI=1S/C23H25N3O5/c1-4-31-17-10-9-14(13-18(17)30-3)22-19-20(15-7-5-6-8-16(15)27)24-25-21(19)23(28)26(22)11-12-29-2/h5-10,13,22,27H,4,11-12H2,1-3H3,(H,24,25)/t22-/m1/s1. The first-order valence-electron chi connectivity index (χ1n) is 10.1. The number of H-pyrrole nitrogens is 1. The van der Waals surface area contributed by atoms with E-state index in [9.17, 15) is 9.90 Å². The molecule has 1 atom stereocenters. The first-order valence-corrected chi connectivity index (χ1v) is 10.1. The van der Waals surface area contributed by atoms with Crippen LogP contribution in [0.2, 0.25) is 0 Å². The van der Waals surface area contributed by atoms with Crippen LogP contribution >= 0.6 is 0 Å². The molecule has 0 spiro atoms. The number of carbonyl (C=O) groups is 1. The highest BCUT2D eigenvalue weighted by Crippen LogP contribution is 2.45. The van der Waals surface area contributed by atoms with Gasteiger partial charge in [-0.3, -0.25) is 9.89 Å². The van der Waals surface area contributed by atoms with E-state index in [1.807, 2.05) is 31.2 Å². The number of phenolic OH excluding ortho intramolecular Hbond substituents is 1. The fraction of sp³-hybridized carbons (Fsp3) is 0.304. The number of rotatable bonds is 8. The van der Waals surface area contributed by atoms with Gasteiger partial charge >= 0.3 is 0 Å². The highest BCUT2D eigenvalue weighted by atomic mass is 16.5. The van der Waals surface area contributed by atoms with Gasteiger partial charge in [-0.25, -0.2) is 0 Å². The Hall–Kier alpha value is -3.52. The normalized spacial score (nSPS) is 15.3. The quantitative estimate of drug-likeness (QED) is 0.577. The molecule has 0 saturated heterocycles. The predicted molar refractivity (Wildman–Crippen MR) is 115 cm³/mol. The van der Waals surface area contributed by atoms with Crippen molar-refractivity contribution in [2.45, 2.75) is 13.0 Å². The van der Waals surface area contributed by atoms with Gasteiger partial charge in [0.05, 0.1) is 26.4 Å². The van der Waals surface area contributed by atoms with Gasteiger partial charge < -0.3 is 24.2 Å². The third kappa shape index (κ3) is 3.59. The zero-order chi connectivity index (χ0) is 22.0. The van der Waals surface area contributed by atoms with Gasteiger partial charge in [0.2, 0.25) is 0 Å². The van der Waals surface area contributed by atoms with Crippen LogP contribution in [0.5, 0.6) is 17.2 Å². The van der Waals surface area contributed by atoms with Crippen LogP contribution in [0.4, 0.5) is 0 Å². The number of aromatic nitrogens is 2. The van der Waals surface area contributed by atoms with E-state index in [0.717, 1.165) is 5.56 Å². The number of nitrogens with zero attached hydrogens (tertiary/aromatic N) is 2. The van der Waals surface area contributed by atoms with Crippen molar-refractivity contribution in [3.8, 4) is 28.5 Å². The molecule has 0 fully saturated rings. The Bertz CT molecular complexity index is 1090. The number of ether oxygens (including phenoxy) is 3. The molecule has 0 radical (unpaired) electrons. The molecular formula is C23H25N3O5. The maximum Gasteiger partial charge on any atom is 0.273 e. The summed E-state index contributed by atoms with van der Waals surface area (Å²) in [6.45, 7) is 3.21. The van der Waals surface area contributed by atoms with Crippen molar-refractivity contribution in [2.75, 3.05) is 34.0 Å². The second-order valence-electron chi connectivity index (χ2n) is 7.12. The summed E-state index contributed by atoms with van der Waals surface area (Å²) in [4.78, 5) is 15.0. The van der Waals surface area contributed by atoms with E-state index < -0.39 is 6.04 Å². The molecule has 3 aromatic rings. The number of phenols is 1. The average Bonchev–Trinajstić information content (AvgIpc) is 3.32. The number of aromatic amines is 1. The average molecular weight is 423 g/mol. The molecule has 0 aliphatic carbocycles. The summed E-state index contributed by atoms with van der Waals surface area (Å²) in [7, 11) is 3.19. The van der Waals surface area contributed by atoms with Gasteiger partial charge in [0.1, 0.15) is 17.1 Å². The van der Waals surface area contributed by atoms with Crippen molar-refractivity contribution in [3.63, 3.8) is 0 Å². The van der Waals surface area contributed by atoms with Crippen molar-refractivity contribution >= 4 is 5.91 Å². The molecule has 1 aromatic heterocycles. The SMILES string of the molecule is CCOc1ccc([C@@H]2c3c(-c4ccccc4O)n[nH]c3C(=O)N2CCOC)cc1OC. The lowest BCUT2D eigenvalue weighted by Crippen LogP contribution is -2.32. The topological polar surface area (TPSA) is 96.9 Å². The van der Waals surface area contributed by atoms with Gasteiger partial charge in [0, 0.05) is 24.8 Å². The molecule has 8 nitrogen and oxygen atoms in total. The van der Waals surface area contributed by atoms with E-state index in [4.69, 9.17) is 14.2 Å². The highest BCUT2D eigenvalue weighted by Gasteiger charge is 2.42. The van der Waals surface area contributed by atoms with Crippen LogP contribution in [-0.2, 0) is 4.74 Å². The van der Waals surface area contributed by atoms with E-state index in [0.29, 0.717) is 53.8 Å². The number of para-hydroxylation sites is 1. The molecule has 31 heavy (non-hydrogen) atoms. The molecule has 2 heterocycles. The van der Waals surface area contributed by atoms with E-state index in [1.54, 1.807) is 37.3 Å². The first kappa shape index (κ1) is 20.7. The molecule has 162 valence electrons. The predicted octanol–water partition coefficient (Wildman–Crippen LogP) is 3.38. The molecule has 2 N–H and O–H groups in total. The minimum absolute atomic E-state index is 0.0996. The van der Waals surface area contributed by atoms with Crippen LogP contribution in [0.15, 0.2) is 42.5 Å². The Morgan fingerprint density at radius 2 is 1.97 bits per heavy atom. The van der Waals surface area contributed by atoms with E-state index in [-0.39, 0.29) is 11.7 Å². The fourth-order valence-electron chi connectivity index (χ4n) is 3.97. The van der Waals surface area contributed by atoms with Crippen LogP contribution in [0, 0.1) is 0 Å². The number of benzene rings is 2. The molecule has 0 unspecified atom stereocenters. The summed E-state index contributed by atoms with van der Waals surface area (Å²) in [6, 6.07) is 12.2. The number of carbonyl (C=O) groups excluding carboxylic acids is 1.